The van der Waals surface area contributed by atoms with Crippen molar-refractivity contribution in [1.29, 1.82) is 0 Å². The van der Waals surface area contributed by atoms with E-state index in [2.05, 4.69) is 15.0 Å². The van der Waals surface area contributed by atoms with Crippen LogP contribution in [0.5, 0.6) is 5.75 Å². The highest BCUT2D eigenvalue weighted by Gasteiger charge is 2.33. The van der Waals surface area contributed by atoms with Gasteiger partial charge in [-0.25, -0.2) is 8.42 Å². The Balaban J connectivity index is 1.38. The molecule has 3 aliphatic heterocycles. The number of hydrogen-bond acceptors (Lipinski definition) is 7. The lowest BCUT2D eigenvalue weighted by Crippen LogP contribution is -2.35. The summed E-state index contributed by atoms with van der Waals surface area (Å²) in [6.07, 6.45) is 0. The van der Waals surface area contributed by atoms with Gasteiger partial charge in [0.1, 0.15) is 5.75 Å². The third-order valence-electron chi connectivity index (χ3n) is 4.61. The minimum atomic E-state index is -3.43. The zero-order chi connectivity index (χ0) is 20.2. The van der Waals surface area contributed by atoms with Crippen LogP contribution in [-0.4, -0.2) is 44.3 Å². The lowest BCUT2D eigenvalue weighted by atomic mass is 10.1. The number of hydrogen-bond donors (Lipinski definition) is 2. The summed E-state index contributed by atoms with van der Waals surface area (Å²) in [7, 11) is -3.43. The van der Waals surface area contributed by atoms with Crippen LogP contribution in [0.15, 0.2) is 45.7 Å². The van der Waals surface area contributed by atoms with Crippen molar-refractivity contribution in [3.8, 4) is 5.75 Å². The van der Waals surface area contributed by atoms with Crippen LogP contribution in [0, 0.1) is 0 Å². The maximum atomic E-state index is 12.7. The maximum Gasteiger partial charge on any atom is 0.262 e. The first-order valence-electron chi connectivity index (χ1n) is 8.68. The van der Waals surface area contributed by atoms with Crippen molar-refractivity contribution in [2.45, 2.75) is 4.90 Å². The molecular weight excluding hydrogens is 416 g/mol. The lowest BCUT2D eigenvalue weighted by Gasteiger charge is -2.22. The van der Waals surface area contributed by atoms with Crippen LogP contribution in [-0.2, 0) is 14.8 Å². The van der Waals surface area contributed by atoms with Gasteiger partial charge in [-0.3, -0.25) is 9.59 Å². The third kappa shape index (κ3) is 3.32. The molecule has 0 atom stereocenters. The molecule has 0 saturated carbocycles. The Kier molecular flexibility index (Phi) is 4.03. The van der Waals surface area contributed by atoms with E-state index in [1.165, 1.54) is 11.8 Å². The zero-order valence-electron chi connectivity index (χ0n) is 14.8. The first-order valence-corrected chi connectivity index (χ1v) is 11.1. The minimum absolute atomic E-state index is 0.0304. The summed E-state index contributed by atoms with van der Waals surface area (Å²) in [4.78, 5) is 26.8. The smallest absolute Gasteiger partial charge is 0.262 e. The second kappa shape index (κ2) is 6.49. The Morgan fingerprint density at radius 1 is 1.24 bits per heavy atom. The number of amides is 2. The monoisotopic (exact) mass is 430 g/mol. The van der Waals surface area contributed by atoms with Gasteiger partial charge >= 0.3 is 0 Å². The molecule has 2 amide bonds. The van der Waals surface area contributed by atoms with E-state index in [-0.39, 0.29) is 24.2 Å². The Morgan fingerprint density at radius 2 is 2.10 bits per heavy atom. The molecule has 0 aromatic heterocycles. The molecule has 148 valence electrons. The van der Waals surface area contributed by atoms with Crippen LogP contribution in [0.1, 0.15) is 10.4 Å². The summed E-state index contributed by atoms with van der Waals surface area (Å²) in [6.45, 7) is 0.310. The van der Waals surface area contributed by atoms with Gasteiger partial charge in [-0.1, -0.05) is 0 Å². The van der Waals surface area contributed by atoms with Gasteiger partial charge in [-0.15, -0.1) is 4.40 Å². The van der Waals surface area contributed by atoms with Crippen LogP contribution < -0.4 is 20.3 Å². The van der Waals surface area contributed by atoms with Gasteiger partial charge in [-0.05, 0) is 48.2 Å². The second-order valence-corrected chi connectivity index (χ2v) is 9.36. The average molecular weight is 430 g/mol. The van der Waals surface area contributed by atoms with Crippen molar-refractivity contribution >= 4 is 55.8 Å². The quantitative estimate of drug-likeness (QED) is 0.747. The van der Waals surface area contributed by atoms with E-state index in [0.29, 0.717) is 34.4 Å². The molecule has 11 heteroatoms. The van der Waals surface area contributed by atoms with Crippen LogP contribution in [0.4, 0.5) is 17.1 Å². The summed E-state index contributed by atoms with van der Waals surface area (Å²) >= 11 is 1.23. The van der Waals surface area contributed by atoms with Crippen molar-refractivity contribution in [3.63, 3.8) is 0 Å². The highest BCUT2D eigenvalue weighted by atomic mass is 32.2. The molecule has 2 aromatic carbocycles. The summed E-state index contributed by atoms with van der Waals surface area (Å²) in [5.74, 6) is -0.0603. The SMILES string of the molecule is O=C1COc2ccc(NC(=O)c3ccc4c(c3)SC3=NS(=O)(=O)CCN34)cc2N1. The molecule has 0 fully saturated rings. The molecule has 0 aliphatic carbocycles. The Morgan fingerprint density at radius 3 is 2.97 bits per heavy atom. The van der Waals surface area contributed by atoms with Gasteiger partial charge in [0, 0.05) is 22.7 Å². The van der Waals surface area contributed by atoms with Gasteiger partial charge in [-0.2, -0.15) is 0 Å². The molecule has 0 saturated heterocycles. The van der Waals surface area contributed by atoms with E-state index in [4.69, 9.17) is 4.74 Å². The van der Waals surface area contributed by atoms with E-state index >= 15 is 0 Å². The van der Waals surface area contributed by atoms with E-state index in [1.807, 2.05) is 4.90 Å². The summed E-state index contributed by atoms with van der Waals surface area (Å²) in [5.41, 5.74) is 2.28. The highest BCUT2D eigenvalue weighted by molar-refractivity contribution is 8.15. The van der Waals surface area contributed by atoms with Gasteiger partial charge in [0.25, 0.3) is 21.8 Å². The van der Waals surface area contributed by atoms with E-state index in [9.17, 15) is 18.0 Å². The summed E-state index contributed by atoms with van der Waals surface area (Å²) < 4.78 is 32.6. The maximum absolute atomic E-state index is 12.7. The zero-order valence-corrected chi connectivity index (χ0v) is 16.5. The average Bonchev–Trinajstić information content (AvgIpc) is 3.02. The standard InChI is InChI=1S/C18H14N4O5S2/c23-16-9-27-14-4-2-11(8-12(14)20-16)19-17(24)10-1-3-13-15(7-10)28-18-21-29(25,26)6-5-22(13)18/h1-4,7-8H,5-6,9H2,(H,19,24)(H,20,23). The minimum Gasteiger partial charge on any atom is -0.482 e. The number of sulfonamides is 1. The Bertz CT molecular complexity index is 1210. The fourth-order valence-electron chi connectivity index (χ4n) is 3.24. The summed E-state index contributed by atoms with van der Waals surface area (Å²) in [6, 6.07) is 10.2. The predicted molar refractivity (Wildman–Crippen MR) is 109 cm³/mol. The van der Waals surface area contributed by atoms with Crippen LogP contribution in [0.3, 0.4) is 0 Å². The largest absolute Gasteiger partial charge is 0.482 e. The molecule has 0 spiro atoms. The molecule has 9 nitrogen and oxygen atoms in total. The van der Waals surface area contributed by atoms with Crippen molar-refractivity contribution < 1.29 is 22.7 Å². The van der Waals surface area contributed by atoms with Crippen LogP contribution in [0.25, 0.3) is 0 Å². The molecule has 29 heavy (non-hydrogen) atoms. The third-order valence-corrected chi connectivity index (χ3v) is 6.91. The molecular formula is C18H14N4O5S2. The number of fused-ring (bicyclic) bond motifs is 4. The predicted octanol–water partition coefficient (Wildman–Crippen LogP) is 1.88. The highest BCUT2D eigenvalue weighted by Crippen LogP contribution is 2.42. The number of anilines is 3. The van der Waals surface area contributed by atoms with Crippen molar-refractivity contribution in [2.24, 2.45) is 4.40 Å². The normalized spacial score (nSPS) is 18.6. The topological polar surface area (TPSA) is 117 Å². The van der Waals surface area contributed by atoms with Crippen molar-refractivity contribution in [2.75, 3.05) is 34.4 Å². The van der Waals surface area contributed by atoms with Crippen LogP contribution >= 0.6 is 11.8 Å². The fraction of sp³-hybridized carbons (Fsp3) is 0.167. The number of nitrogens with one attached hydrogen (secondary N) is 2. The molecule has 0 bridgehead atoms. The molecule has 2 N–H and O–H groups in total. The Hall–Kier alpha value is -3.05. The number of thioether (sulfide) groups is 1. The molecule has 5 rings (SSSR count). The number of nitrogens with zero attached hydrogens (tertiary/aromatic N) is 2. The second-order valence-electron chi connectivity index (χ2n) is 6.60. The first kappa shape index (κ1) is 18.0. The van der Waals surface area contributed by atoms with E-state index in [1.54, 1.807) is 36.4 Å². The molecule has 3 heterocycles. The van der Waals surface area contributed by atoms with Gasteiger partial charge in [0.05, 0.1) is 17.1 Å². The van der Waals surface area contributed by atoms with Crippen molar-refractivity contribution in [3.05, 3.63) is 42.0 Å². The van der Waals surface area contributed by atoms with E-state index < -0.39 is 10.0 Å². The number of rotatable bonds is 2. The van der Waals surface area contributed by atoms with Gasteiger partial charge in [0.15, 0.2) is 11.8 Å². The number of benzene rings is 2. The van der Waals surface area contributed by atoms with Crippen molar-refractivity contribution in [1.82, 2.24) is 0 Å². The number of amidine groups is 1. The van der Waals surface area contributed by atoms with Gasteiger partial charge < -0.3 is 20.3 Å². The fourth-order valence-corrected chi connectivity index (χ4v) is 5.53. The number of ether oxygens (including phenoxy) is 1. The number of carbonyl (C=O) groups excluding carboxylic acids is 2. The number of carbonyl (C=O) groups is 2. The lowest BCUT2D eigenvalue weighted by molar-refractivity contribution is -0.118. The molecule has 0 radical (unpaired) electrons. The van der Waals surface area contributed by atoms with E-state index in [0.717, 1.165) is 10.6 Å². The van der Waals surface area contributed by atoms with Crippen LogP contribution in [0.2, 0.25) is 0 Å². The van der Waals surface area contributed by atoms with Gasteiger partial charge in [0.2, 0.25) is 0 Å². The Labute approximate surface area is 170 Å². The molecule has 2 aromatic rings. The molecule has 3 aliphatic rings. The first-order chi connectivity index (χ1) is 13.9. The summed E-state index contributed by atoms with van der Waals surface area (Å²) in [5, 5.41) is 5.90. The molecule has 0 unspecified atom stereocenters.